The monoisotopic (exact) mass is 144 g/mol. The summed E-state index contributed by atoms with van der Waals surface area (Å²) in [5, 5.41) is 0. The molecule has 5 nitrogen and oxygen atoms in total. The smallest absolute Gasteiger partial charge is 0.412 e. The van der Waals surface area contributed by atoms with Gasteiger partial charge in [0.2, 0.25) is 0 Å². The summed E-state index contributed by atoms with van der Waals surface area (Å²) in [4.78, 5) is 21.6. The molecule has 0 aromatic rings. The predicted molar refractivity (Wildman–Crippen MR) is 29.1 cm³/mol. The highest BCUT2D eigenvalue weighted by molar-refractivity contribution is 7.45. The van der Waals surface area contributed by atoms with E-state index in [4.69, 9.17) is 19.2 Å². The summed E-state index contributed by atoms with van der Waals surface area (Å²) in [6, 6.07) is 0. The molecule has 52 valence electrons. The van der Waals surface area contributed by atoms with Crippen LogP contribution in [-0.4, -0.2) is 20.2 Å². The Morgan fingerprint density at radius 3 is 1.12 bits per heavy atom. The lowest BCUT2D eigenvalue weighted by Crippen LogP contribution is -1.66. The largest absolute Gasteiger partial charge is 0.466 e. The van der Waals surface area contributed by atoms with Gasteiger partial charge in [0.1, 0.15) is 0 Å². The van der Waals surface area contributed by atoms with Gasteiger partial charge >= 0.3 is 7.82 Å². The van der Waals surface area contributed by atoms with Crippen LogP contribution in [0, 0.1) is 0 Å². The van der Waals surface area contributed by atoms with E-state index in [9.17, 15) is 0 Å². The van der Waals surface area contributed by atoms with Crippen LogP contribution in [-0.2, 0) is 4.57 Å². The van der Waals surface area contributed by atoms with Gasteiger partial charge in [-0.05, 0) is 0 Å². The maximum absolute atomic E-state index is 8.88. The van der Waals surface area contributed by atoms with Crippen molar-refractivity contribution >= 4 is 7.82 Å². The second-order valence-corrected chi connectivity index (χ2v) is 1.54. The van der Waals surface area contributed by atoms with Gasteiger partial charge in [0.15, 0.2) is 0 Å². The number of rotatable bonds is 0. The molecule has 0 unspecified atom stereocenters. The van der Waals surface area contributed by atoms with Crippen molar-refractivity contribution in [3.63, 3.8) is 0 Å². The van der Waals surface area contributed by atoms with E-state index in [0.717, 1.165) is 0 Å². The van der Waals surface area contributed by atoms with Crippen LogP contribution in [0.4, 0.5) is 0 Å². The van der Waals surface area contributed by atoms with Gasteiger partial charge in [0.05, 0.1) is 0 Å². The van der Waals surface area contributed by atoms with Crippen molar-refractivity contribution in [3.8, 4) is 0 Å². The van der Waals surface area contributed by atoms with Crippen LogP contribution >= 0.6 is 7.82 Å². The first-order valence-corrected chi connectivity index (χ1v) is 2.85. The average Bonchev–Trinajstić information content (AvgIpc) is 1.36. The second-order valence-electron chi connectivity index (χ2n) is 0.513. The Balaban J connectivity index is -0.0000000750. The van der Waals surface area contributed by atoms with Crippen molar-refractivity contribution in [2.75, 3.05) is 0 Å². The van der Waals surface area contributed by atoms with E-state index >= 15 is 0 Å². The highest BCUT2D eigenvalue weighted by atomic mass is 31.2. The molecule has 0 saturated carbocycles. The van der Waals surface area contributed by atoms with Crippen molar-refractivity contribution in [2.45, 2.75) is 0 Å². The van der Waals surface area contributed by atoms with Gasteiger partial charge in [-0.2, -0.15) is 0 Å². The summed E-state index contributed by atoms with van der Waals surface area (Å²) in [5.41, 5.74) is 0. The predicted octanol–water partition coefficient (Wildman–Crippen LogP) is -0.951. The van der Waals surface area contributed by atoms with Crippen LogP contribution in [0.25, 0.3) is 0 Å². The molecule has 0 aromatic carbocycles. The Kier molecular flexibility index (Phi) is 13.3. The molecule has 0 radical (unpaired) electrons. The van der Waals surface area contributed by atoms with Crippen molar-refractivity contribution in [3.05, 3.63) is 13.2 Å². The fourth-order valence-corrected chi connectivity index (χ4v) is 0. The van der Waals surface area contributed by atoms with Crippen LogP contribution in [0.2, 0.25) is 0 Å². The highest BCUT2D eigenvalue weighted by Crippen LogP contribution is 2.25. The molecule has 0 aliphatic carbocycles. The third kappa shape index (κ3) is 3720. The first kappa shape index (κ1) is 15.7. The van der Waals surface area contributed by atoms with Crippen LogP contribution in [0.15, 0.2) is 13.2 Å². The molecule has 0 rings (SSSR count). The van der Waals surface area contributed by atoms with Gasteiger partial charge in [-0.3, -0.25) is 0 Å². The normalized spacial score (nSPS) is 7.88. The van der Waals surface area contributed by atoms with Crippen molar-refractivity contribution in [1.82, 2.24) is 0 Å². The molecular weight excluding hydrogens is 135 g/mol. The molecule has 0 aliphatic rings. The third-order valence-electron chi connectivity index (χ3n) is 0. The average molecular weight is 144 g/mol. The molecule has 0 amide bonds. The Bertz CT molecular complexity index is 66.2. The van der Waals surface area contributed by atoms with Crippen LogP contribution in [0.3, 0.4) is 0 Å². The fraction of sp³-hybridized carbons (Fsp3) is 0. The summed E-state index contributed by atoms with van der Waals surface area (Å²) < 4.78 is 8.88. The molecule has 0 fully saturated rings. The molecule has 0 aliphatic heterocycles. The van der Waals surface area contributed by atoms with E-state index in [2.05, 4.69) is 13.2 Å². The first-order chi connectivity index (χ1) is 3.00. The maximum Gasteiger partial charge on any atom is 0.466 e. The molecule has 5 N–H and O–H groups in total. The number of phosphoric acid groups is 1. The molecular formula is C2H9O5P. The molecule has 6 heteroatoms. The first-order valence-electron chi connectivity index (χ1n) is 1.28. The topological polar surface area (TPSA) is 109 Å². The molecule has 0 atom stereocenters. The molecule has 0 bridgehead atoms. The zero-order valence-electron chi connectivity index (χ0n) is 4.11. The van der Waals surface area contributed by atoms with Crippen molar-refractivity contribution in [1.29, 1.82) is 0 Å². The lowest BCUT2D eigenvalue weighted by atomic mass is 11.3. The van der Waals surface area contributed by atoms with Gasteiger partial charge in [0, 0.05) is 0 Å². The van der Waals surface area contributed by atoms with E-state index in [0.29, 0.717) is 0 Å². The van der Waals surface area contributed by atoms with Gasteiger partial charge in [-0.15, -0.1) is 13.2 Å². The molecule has 0 saturated heterocycles. The van der Waals surface area contributed by atoms with Gasteiger partial charge < -0.3 is 20.2 Å². The highest BCUT2D eigenvalue weighted by Gasteiger charge is 2.00. The zero-order chi connectivity index (χ0) is 6.50. The van der Waals surface area contributed by atoms with Crippen LogP contribution in [0.5, 0.6) is 0 Å². The summed E-state index contributed by atoms with van der Waals surface area (Å²) in [6.45, 7) is 6.00. The zero-order valence-corrected chi connectivity index (χ0v) is 5.01. The molecule has 0 heterocycles. The van der Waals surface area contributed by atoms with Gasteiger partial charge in [-0.25, -0.2) is 4.57 Å². The molecule has 8 heavy (non-hydrogen) atoms. The van der Waals surface area contributed by atoms with Crippen molar-refractivity contribution < 1.29 is 24.7 Å². The quantitative estimate of drug-likeness (QED) is 0.300. The third-order valence-corrected chi connectivity index (χ3v) is 0. The Morgan fingerprint density at radius 2 is 1.12 bits per heavy atom. The van der Waals surface area contributed by atoms with E-state index in [1.807, 2.05) is 0 Å². The number of hydrogen-bond donors (Lipinski definition) is 3. The SMILES string of the molecule is C=C.O.O=P(O)(O)O. The minimum Gasteiger partial charge on any atom is -0.412 e. The van der Waals surface area contributed by atoms with Gasteiger partial charge in [-0.1, -0.05) is 0 Å². The minimum atomic E-state index is -4.64. The number of hydrogen-bond acceptors (Lipinski definition) is 1. The maximum atomic E-state index is 8.88. The Labute approximate surface area is 46.8 Å². The van der Waals surface area contributed by atoms with Crippen LogP contribution < -0.4 is 0 Å². The van der Waals surface area contributed by atoms with Crippen LogP contribution in [0.1, 0.15) is 0 Å². The Hall–Kier alpha value is -0.190. The summed E-state index contributed by atoms with van der Waals surface area (Å²) in [6.07, 6.45) is 0. The van der Waals surface area contributed by atoms with Crippen molar-refractivity contribution in [2.24, 2.45) is 0 Å². The van der Waals surface area contributed by atoms with E-state index < -0.39 is 7.82 Å². The minimum absolute atomic E-state index is 0. The second kappa shape index (κ2) is 6.81. The standard InChI is InChI=1S/C2H4.H3O4P.H2O/c1-2;1-5(2,3)4;/h1-2H2;(H3,1,2,3,4);1H2. The Morgan fingerprint density at radius 1 is 1.12 bits per heavy atom. The van der Waals surface area contributed by atoms with E-state index in [-0.39, 0.29) is 5.48 Å². The lowest BCUT2D eigenvalue weighted by molar-refractivity contribution is 0.275. The molecule has 0 aromatic heterocycles. The lowest BCUT2D eigenvalue weighted by Gasteiger charge is -1.82. The van der Waals surface area contributed by atoms with Gasteiger partial charge in [0.25, 0.3) is 0 Å². The summed E-state index contributed by atoms with van der Waals surface area (Å²) in [7, 11) is -4.64. The van der Waals surface area contributed by atoms with E-state index in [1.54, 1.807) is 0 Å². The molecule has 0 spiro atoms. The van der Waals surface area contributed by atoms with E-state index in [1.165, 1.54) is 0 Å². The summed E-state index contributed by atoms with van der Waals surface area (Å²) >= 11 is 0. The summed E-state index contributed by atoms with van der Waals surface area (Å²) in [5.74, 6) is 0. The fourth-order valence-electron chi connectivity index (χ4n) is 0.